The van der Waals surface area contributed by atoms with Crippen molar-refractivity contribution in [2.45, 2.75) is 39.3 Å². The van der Waals surface area contributed by atoms with Gasteiger partial charge in [-0.3, -0.25) is 9.36 Å². The minimum Gasteiger partial charge on any atom is -0.463 e. The molecule has 1 aromatic carbocycles. The number of aromatic nitrogens is 4. The zero-order chi connectivity index (χ0) is 22.9. The standard InChI is InChI=1S/C22H30N6O4/c1-3-4-13-32-21-25-19(23)18-20(26-21)28(22(30)24-18)12-8-11-27(17(29)15-31-2)14-16-9-6-5-7-10-16/h5-7,9-10H,3-4,8,11-15H2,1-2H3,(H,24,30)(H2,23,25,26). The number of fused-ring (bicyclic) bond motifs is 1. The number of amides is 1. The summed E-state index contributed by atoms with van der Waals surface area (Å²) in [6, 6.07) is 9.89. The number of hydrogen-bond donors (Lipinski definition) is 2. The summed E-state index contributed by atoms with van der Waals surface area (Å²) in [5.41, 5.74) is 7.47. The molecule has 0 radical (unpaired) electrons. The number of hydrogen-bond acceptors (Lipinski definition) is 7. The van der Waals surface area contributed by atoms with Crippen molar-refractivity contribution >= 4 is 22.9 Å². The fourth-order valence-electron chi connectivity index (χ4n) is 3.34. The summed E-state index contributed by atoms with van der Waals surface area (Å²) in [6.07, 6.45) is 2.40. The molecule has 0 spiro atoms. The number of ether oxygens (including phenoxy) is 2. The monoisotopic (exact) mass is 442 g/mol. The number of nitrogens with two attached hydrogens (primary N) is 1. The maximum absolute atomic E-state index is 12.5. The lowest BCUT2D eigenvalue weighted by molar-refractivity contribution is -0.135. The van der Waals surface area contributed by atoms with Crippen molar-refractivity contribution in [2.75, 3.05) is 32.6 Å². The predicted molar refractivity (Wildman–Crippen MR) is 121 cm³/mol. The molecule has 0 aliphatic rings. The van der Waals surface area contributed by atoms with Gasteiger partial charge in [0.1, 0.15) is 12.1 Å². The maximum atomic E-state index is 12.5. The van der Waals surface area contributed by atoms with Gasteiger partial charge in [-0.25, -0.2) is 4.79 Å². The van der Waals surface area contributed by atoms with Crippen molar-refractivity contribution in [1.29, 1.82) is 0 Å². The first-order valence-corrected chi connectivity index (χ1v) is 10.7. The summed E-state index contributed by atoms with van der Waals surface area (Å²) in [4.78, 5) is 37.9. The Morgan fingerprint density at radius 1 is 1.22 bits per heavy atom. The lowest BCUT2D eigenvalue weighted by Crippen LogP contribution is -2.35. The molecule has 1 amide bonds. The van der Waals surface area contributed by atoms with Gasteiger partial charge in [0.15, 0.2) is 11.5 Å². The molecule has 0 aliphatic heterocycles. The highest BCUT2D eigenvalue weighted by Crippen LogP contribution is 2.18. The first kappa shape index (κ1) is 23.3. The molecule has 32 heavy (non-hydrogen) atoms. The number of carbonyl (C=O) groups is 1. The van der Waals surface area contributed by atoms with E-state index in [1.165, 1.54) is 11.7 Å². The molecule has 172 valence electrons. The first-order valence-electron chi connectivity index (χ1n) is 10.7. The second kappa shape index (κ2) is 11.3. The zero-order valence-electron chi connectivity index (χ0n) is 18.5. The summed E-state index contributed by atoms with van der Waals surface area (Å²) < 4.78 is 12.1. The molecule has 0 atom stereocenters. The van der Waals surface area contributed by atoms with Gasteiger partial charge in [0.05, 0.1) is 6.61 Å². The van der Waals surface area contributed by atoms with Gasteiger partial charge in [-0.2, -0.15) is 9.97 Å². The first-order chi connectivity index (χ1) is 15.5. The van der Waals surface area contributed by atoms with Crippen LogP contribution in [0.15, 0.2) is 35.1 Å². The number of methoxy groups -OCH3 is 1. The average molecular weight is 443 g/mol. The molecule has 0 saturated carbocycles. The van der Waals surface area contributed by atoms with Crippen molar-refractivity contribution < 1.29 is 14.3 Å². The number of nitrogens with zero attached hydrogens (tertiary/aromatic N) is 4. The van der Waals surface area contributed by atoms with E-state index in [0.29, 0.717) is 43.8 Å². The van der Waals surface area contributed by atoms with Gasteiger partial charge in [-0.1, -0.05) is 43.7 Å². The maximum Gasteiger partial charge on any atom is 0.327 e. The van der Waals surface area contributed by atoms with Crippen LogP contribution in [0.1, 0.15) is 31.7 Å². The van der Waals surface area contributed by atoms with Crippen molar-refractivity contribution in [1.82, 2.24) is 24.4 Å². The van der Waals surface area contributed by atoms with E-state index in [9.17, 15) is 9.59 Å². The molecular weight excluding hydrogens is 412 g/mol. The third-order valence-corrected chi connectivity index (χ3v) is 5.01. The molecule has 0 fully saturated rings. The quantitative estimate of drug-likeness (QED) is 0.410. The number of rotatable bonds is 12. The molecule has 3 rings (SSSR count). The van der Waals surface area contributed by atoms with Gasteiger partial charge < -0.3 is 25.1 Å². The third kappa shape index (κ3) is 5.85. The Bertz CT molecular complexity index is 1080. The highest BCUT2D eigenvalue weighted by molar-refractivity contribution is 5.81. The average Bonchev–Trinajstić information content (AvgIpc) is 3.10. The summed E-state index contributed by atoms with van der Waals surface area (Å²) in [5, 5.41) is 0. The van der Waals surface area contributed by atoms with Gasteiger partial charge >= 0.3 is 11.7 Å². The minimum atomic E-state index is -0.329. The van der Waals surface area contributed by atoms with Crippen LogP contribution in [0.4, 0.5) is 5.82 Å². The van der Waals surface area contributed by atoms with Crippen LogP contribution < -0.4 is 16.2 Å². The normalized spacial score (nSPS) is 11.1. The SMILES string of the molecule is CCCCOc1nc(N)c2[nH]c(=O)n(CCCN(Cc3ccccc3)C(=O)COC)c2n1. The van der Waals surface area contributed by atoms with E-state index in [1.54, 1.807) is 4.90 Å². The highest BCUT2D eigenvalue weighted by Gasteiger charge is 2.17. The van der Waals surface area contributed by atoms with E-state index in [4.69, 9.17) is 15.2 Å². The van der Waals surface area contributed by atoms with E-state index >= 15 is 0 Å². The fourth-order valence-corrected chi connectivity index (χ4v) is 3.34. The van der Waals surface area contributed by atoms with E-state index in [1.807, 2.05) is 30.3 Å². The summed E-state index contributed by atoms with van der Waals surface area (Å²) in [5.74, 6) is 0.0548. The molecule has 3 aromatic rings. The number of aryl methyl sites for hydroxylation is 1. The number of H-pyrrole nitrogens is 1. The predicted octanol–water partition coefficient (Wildman–Crippen LogP) is 1.95. The molecule has 10 nitrogen and oxygen atoms in total. The smallest absolute Gasteiger partial charge is 0.327 e. The Morgan fingerprint density at radius 2 is 2.00 bits per heavy atom. The molecule has 0 unspecified atom stereocenters. The summed E-state index contributed by atoms with van der Waals surface area (Å²) >= 11 is 0. The van der Waals surface area contributed by atoms with Gasteiger partial charge in [0, 0.05) is 26.7 Å². The van der Waals surface area contributed by atoms with Crippen LogP contribution in [0.3, 0.4) is 0 Å². The van der Waals surface area contributed by atoms with Crippen molar-refractivity contribution in [2.24, 2.45) is 0 Å². The van der Waals surface area contributed by atoms with Gasteiger partial charge in [0.25, 0.3) is 0 Å². The lowest BCUT2D eigenvalue weighted by Gasteiger charge is -2.22. The molecule has 2 heterocycles. The van der Waals surface area contributed by atoms with Crippen LogP contribution in [0, 0.1) is 0 Å². The second-order valence-corrected chi connectivity index (χ2v) is 7.46. The Morgan fingerprint density at radius 3 is 2.72 bits per heavy atom. The largest absolute Gasteiger partial charge is 0.463 e. The fraction of sp³-hybridized carbons (Fsp3) is 0.455. The van der Waals surface area contributed by atoms with Crippen LogP contribution in [0.2, 0.25) is 0 Å². The number of anilines is 1. The van der Waals surface area contributed by atoms with Crippen molar-refractivity contribution in [3.8, 4) is 6.01 Å². The van der Waals surface area contributed by atoms with Crippen LogP contribution >= 0.6 is 0 Å². The number of aromatic amines is 1. The molecule has 0 aliphatic carbocycles. The Hall–Kier alpha value is -3.40. The Balaban J connectivity index is 1.73. The van der Waals surface area contributed by atoms with Crippen molar-refractivity contribution in [3.63, 3.8) is 0 Å². The lowest BCUT2D eigenvalue weighted by atomic mass is 10.2. The Labute approximate surface area is 186 Å². The van der Waals surface area contributed by atoms with Gasteiger partial charge in [0.2, 0.25) is 5.91 Å². The number of benzene rings is 1. The number of carbonyl (C=O) groups excluding carboxylic acids is 1. The molecule has 2 aromatic heterocycles. The molecular formula is C22H30N6O4. The summed E-state index contributed by atoms with van der Waals surface area (Å²) in [7, 11) is 1.49. The van der Waals surface area contributed by atoms with E-state index < -0.39 is 0 Å². The van der Waals surface area contributed by atoms with E-state index in [0.717, 1.165) is 18.4 Å². The summed E-state index contributed by atoms with van der Waals surface area (Å²) in [6.45, 7) is 3.82. The number of nitrogens with one attached hydrogen (secondary N) is 1. The minimum absolute atomic E-state index is 0.00207. The molecule has 0 saturated heterocycles. The van der Waals surface area contributed by atoms with Gasteiger partial charge in [-0.05, 0) is 18.4 Å². The number of nitrogen functional groups attached to an aromatic ring is 1. The molecule has 0 bridgehead atoms. The number of unbranched alkanes of at least 4 members (excludes halogenated alkanes) is 1. The zero-order valence-corrected chi connectivity index (χ0v) is 18.5. The number of imidazole rings is 1. The topological polar surface area (TPSA) is 128 Å². The third-order valence-electron chi connectivity index (χ3n) is 5.01. The van der Waals surface area contributed by atoms with E-state index in [-0.39, 0.29) is 30.0 Å². The van der Waals surface area contributed by atoms with Crippen LogP contribution in [0.5, 0.6) is 6.01 Å². The van der Waals surface area contributed by atoms with Crippen molar-refractivity contribution in [3.05, 3.63) is 46.4 Å². The molecule has 10 heteroatoms. The second-order valence-electron chi connectivity index (χ2n) is 7.46. The van der Waals surface area contributed by atoms with Crippen LogP contribution in [0.25, 0.3) is 11.2 Å². The van der Waals surface area contributed by atoms with Crippen LogP contribution in [-0.2, 0) is 22.6 Å². The van der Waals surface area contributed by atoms with Crippen LogP contribution in [-0.4, -0.2) is 57.2 Å². The van der Waals surface area contributed by atoms with Gasteiger partial charge in [-0.15, -0.1) is 0 Å². The highest BCUT2D eigenvalue weighted by atomic mass is 16.5. The van der Waals surface area contributed by atoms with E-state index in [2.05, 4.69) is 21.9 Å². The Kier molecular flexibility index (Phi) is 8.20. The molecule has 3 N–H and O–H groups in total.